The Balaban J connectivity index is 2.49. The second-order valence-corrected chi connectivity index (χ2v) is 5.93. The highest BCUT2D eigenvalue weighted by Gasteiger charge is 2.16. The summed E-state index contributed by atoms with van der Waals surface area (Å²) < 4.78 is 14.5. The lowest BCUT2D eigenvalue weighted by atomic mass is 10.0. The topological polar surface area (TPSA) is 12.0 Å². The van der Waals surface area contributed by atoms with Gasteiger partial charge in [0.1, 0.15) is 0 Å². The van der Waals surface area contributed by atoms with Crippen LogP contribution in [0.15, 0.2) is 42.5 Å². The summed E-state index contributed by atoms with van der Waals surface area (Å²) >= 11 is 6.13. The zero-order valence-corrected chi connectivity index (χ0v) is 12.1. The fraction of sp³-hybridized carbons (Fsp3) is 0.250. The molecule has 0 amide bonds. The molecular weight excluding hydrogens is 261 g/mol. The number of rotatable bonds is 2. The maximum atomic E-state index is 14.5. The third kappa shape index (κ3) is 3.27. The van der Waals surface area contributed by atoms with Crippen LogP contribution in [0.4, 0.5) is 10.1 Å². The van der Waals surface area contributed by atoms with Gasteiger partial charge in [-0.3, -0.25) is 0 Å². The molecule has 0 atom stereocenters. The first-order valence-corrected chi connectivity index (χ1v) is 6.58. The zero-order chi connectivity index (χ0) is 14.0. The Labute approximate surface area is 118 Å². The summed E-state index contributed by atoms with van der Waals surface area (Å²) in [5.41, 5.74) is 1.52. The predicted molar refractivity (Wildman–Crippen MR) is 80.2 cm³/mol. The van der Waals surface area contributed by atoms with Crippen LogP contribution in [0.3, 0.4) is 0 Å². The molecule has 0 aliphatic heterocycles. The molecule has 2 aromatic carbocycles. The van der Waals surface area contributed by atoms with Gasteiger partial charge < -0.3 is 5.32 Å². The van der Waals surface area contributed by atoms with Gasteiger partial charge in [-0.25, -0.2) is 4.39 Å². The molecule has 3 heteroatoms. The molecule has 2 rings (SSSR count). The van der Waals surface area contributed by atoms with Crippen molar-refractivity contribution in [2.45, 2.75) is 26.3 Å². The normalized spacial score (nSPS) is 11.4. The molecule has 19 heavy (non-hydrogen) atoms. The van der Waals surface area contributed by atoms with Gasteiger partial charge in [0.2, 0.25) is 0 Å². The average molecular weight is 278 g/mol. The Bertz CT molecular complexity index is 588. The van der Waals surface area contributed by atoms with Crippen LogP contribution >= 0.6 is 11.6 Å². The van der Waals surface area contributed by atoms with Crippen molar-refractivity contribution < 1.29 is 4.39 Å². The molecule has 0 aliphatic rings. The Kier molecular flexibility index (Phi) is 3.81. The largest absolute Gasteiger partial charge is 0.378 e. The lowest BCUT2D eigenvalue weighted by Gasteiger charge is -2.23. The van der Waals surface area contributed by atoms with E-state index in [0.717, 1.165) is 0 Å². The number of hydrogen-bond donors (Lipinski definition) is 1. The van der Waals surface area contributed by atoms with Gasteiger partial charge in [0.15, 0.2) is 5.82 Å². The van der Waals surface area contributed by atoms with Gasteiger partial charge in [-0.1, -0.05) is 41.9 Å². The number of benzene rings is 2. The zero-order valence-electron chi connectivity index (χ0n) is 11.3. The molecule has 100 valence electrons. The number of anilines is 1. The monoisotopic (exact) mass is 277 g/mol. The maximum absolute atomic E-state index is 14.5. The summed E-state index contributed by atoms with van der Waals surface area (Å²) in [6.07, 6.45) is 0. The standard InChI is InChI=1S/C16H17ClFN/c1-16(2,3)19-14-10-6-8-12(15(14)18)11-7-4-5-9-13(11)17/h4-10,19H,1-3H3. The third-order valence-corrected chi connectivity index (χ3v) is 3.00. The van der Waals surface area contributed by atoms with Gasteiger partial charge in [-0.15, -0.1) is 0 Å². The SMILES string of the molecule is CC(C)(C)Nc1cccc(-c2ccccc2Cl)c1F. The van der Waals surface area contributed by atoms with E-state index in [4.69, 9.17) is 11.6 Å². The van der Waals surface area contributed by atoms with Crippen molar-refractivity contribution in [3.63, 3.8) is 0 Å². The molecule has 0 aliphatic carbocycles. The molecule has 0 radical (unpaired) electrons. The van der Waals surface area contributed by atoms with Crippen molar-refractivity contribution in [3.8, 4) is 11.1 Å². The Hall–Kier alpha value is -1.54. The van der Waals surface area contributed by atoms with Crippen LogP contribution < -0.4 is 5.32 Å². The highest BCUT2D eigenvalue weighted by atomic mass is 35.5. The van der Waals surface area contributed by atoms with Gasteiger partial charge in [0.05, 0.1) is 5.69 Å². The highest BCUT2D eigenvalue weighted by Crippen LogP contribution is 2.33. The van der Waals surface area contributed by atoms with E-state index in [1.165, 1.54) is 0 Å². The van der Waals surface area contributed by atoms with Crippen molar-refractivity contribution in [1.29, 1.82) is 0 Å². The molecule has 0 fully saturated rings. The first-order chi connectivity index (χ1) is 8.88. The number of nitrogens with one attached hydrogen (secondary N) is 1. The van der Waals surface area contributed by atoms with E-state index in [2.05, 4.69) is 5.32 Å². The maximum Gasteiger partial charge on any atom is 0.154 e. The summed E-state index contributed by atoms with van der Waals surface area (Å²) in [5.74, 6) is -0.273. The highest BCUT2D eigenvalue weighted by molar-refractivity contribution is 6.33. The number of halogens is 2. The van der Waals surface area contributed by atoms with E-state index in [1.54, 1.807) is 18.2 Å². The van der Waals surface area contributed by atoms with Crippen LogP contribution in [0, 0.1) is 5.82 Å². The van der Waals surface area contributed by atoms with E-state index < -0.39 is 0 Å². The molecule has 0 heterocycles. The van der Waals surface area contributed by atoms with Crippen LogP contribution in [0.5, 0.6) is 0 Å². The van der Waals surface area contributed by atoms with Gasteiger partial charge >= 0.3 is 0 Å². The summed E-state index contributed by atoms with van der Waals surface area (Å²) in [6, 6.07) is 12.6. The molecule has 1 nitrogen and oxygen atoms in total. The lowest BCUT2D eigenvalue weighted by molar-refractivity contribution is 0.600. The van der Waals surface area contributed by atoms with Gasteiger partial charge in [0.25, 0.3) is 0 Å². The quantitative estimate of drug-likeness (QED) is 0.779. The van der Waals surface area contributed by atoms with Gasteiger partial charge in [-0.2, -0.15) is 0 Å². The van der Waals surface area contributed by atoms with Gasteiger partial charge in [0, 0.05) is 21.7 Å². The van der Waals surface area contributed by atoms with E-state index >= 15 is 0 Å². The Morgan fingerprint density at radius 3 is 2.21 bits per heavy atom. The lowest BCUT2D eigenvalue weighted by Crippen LogP contribution is -2.26. The Morgan fingerprint density at radius 2 is 1.58 bits per heavy atom. The second-order valence-electron chi connectivity index (χ2n) is 5.52. The Morgan fingerprint density at radius 1 is 0.947 bits per heavy atom. The van der Waals surface area contributed by atoms with Crippen molar-refractivity contribution >= 4 is 17.3 Å². The van der Waals surface area contributed by atoms with E-state index in [1.807, 2.05) is 45.0 Å². The summed E-state index contributed by atoms with van der Waals surface area (Å²) in [6.45, 7) is 5.98. The summed E-state index contributed by atoms with van der Waals surface area (Å²) in [7, 11) is 0. The summed E-state index contributed by atoms with van der Waals surface area (Å²) in [4.78, 5) is 0. The molecule has 2 aromatic rings. The molecule has 0 bridgehead atoms. The fourth-order valence-corrected chi connectivity index (χ4v) is 2.16. The van der Waals surface area contributed by atoms with Gasteiger partial charge in [-0.05, 0) is 32.9 Å². The van der Waals surface area contributed by atoms with E-state index in [-0.39, 0.29) is 11.4 Å². The van der Waals surface area contributed by atoms with Crippen LogP contribution in [0.1, 0.15) is 20.8 Å². The predicted octanol–water partition coefficient (Wildman–Crippen LogP) is 5.36. The van der Waals surface area contributed by atoms with Crippen LogP contribution in [-0.2, 0) is 0 Å². The smallest absolute Gasteiger partial charge is 0.154 e. The minimum absolute atomic E-state index is 0.194. The van der Waals surface area contributed by atoms with Crippen molar-refractivity contribution in [2.24, 2.45) is 0 Å². The molecule has 0 spiro atoms. The minimum atomic E-state index is -0.273. The van der Waals surface area contributed by atoms with E-state index in [9.17, 15) is 4.39 Å². The molecule has 0 saturated heterocycles. The van der Waals surface area contributed by atoms with Crippen LogP contribution in [0.2, 0.25) is 5.02 Å². The van der Waals surface area contributed by atoms with E-state index in [0.29, 0.717) is 21.8 Å². The molecule has 0 saturated carbocycles. The first kappa shape index (κ1) is 13.9. The van der Waals surface area contributed by atoms with Crippen LogP contribution in [0.25, 0.3) is 11.1 Å². The van der Waals surface area contributed by atoms with Crippen molar-refractivity contribution in [2.75, 3.05) is 5.32 Å². The number of hydrogen-bond acceptors (Lipinski definition) is 1. The van der Waals surface area contributed by atoms with Crippen molar-refractivity contribution in [1.82, 2.24) is 0 Å². The fourth-order valence-electron chi connectivity index (χ4n) is 1.92. The minimum Gasteiger partial charge on any atom is -0.378 e. The molecule has 0 unspecified atom stereocenters. The summed E-state index contributed by atoms with van der Waals surface area (Å²) in [5, 5.41) is 3.71. The molecular formula is C16H17ClFN. The van der Waals surface area contributed by atoms with Crippen LogP contribution in [-0.4, -0.2) is 5.54 Å². The second kappa shape index (κ2) is 5.22. The first-order valence-electron chi connectivity index (χ1n) is 6.20. The molecule has 1 N–H and O–H groups in total. The third-order valence-electron chi connectivity index (χ3n) is 2.67. The average Bonchev–Trinajstić information content (AvgIpc) is 2.31. The van der Waals surface area contributed by atoms with Crippen molar-refractivity contribution in [3.05, 3.63) is 53.3 Å². The molecule has 0 aromatic heterocycles.